The van der Waals surface area contributed by atoms with Crippen LogP contribution in [0.1, 0.15) is 258 Å². The number of rotatable bonds is 51. The molecule has 0 aliphatic carbocycles. The molecule has 0 radical (unpaired) electrons. The number of hydrogen-bond acceptors (Lipinski definition) is 8. The van der Waals surface area contributed by atoms with Gasteiger partial charge in [0, 0.05) is 6.42 Å². The second-order valence-electron chi connectivity index (χ2n) is 20.8. The lowest BCUT2D eigenvalue weighted by atomic mass is 9.99. The number of nitrogens with one attached hydrogen (secondary N) is 1. The molecule has 0 aromatic carbocycles. The molecule has 0 spiro atoms. The number of unbranched alkanes of at least 4 members (excludes halogenated alkanes) is 29. The zero-order valence-electron chi connectivity index (χ0n) is 46.9. The molecule has 1 aliphatic heterocycles. The summed E-state index contributed by atoms with van der Waals surface area (Å²) in [6, 6.07) is -0.826. The lowest BCUT2D eigenvalue weighted by Gasteiger charge is -2.40. The van der Waals surface area contributed by atoms with E-state index >= 15 is 0 Å². The van der Waals surface area contributed by atoms with Crippen LogP contribution in [0.15, 0.2) is 85.1 Å². The van der Waals surface area contributed by atoms with Gasteiger partial charge in [-0.2, -0.15) is 0 Å². The van der Waals surface area contributed by atoms with Crippen molar-refractivity contribution in [2.75, 3.05) is 13.2 Å². The van der Waals surface area contributed by atoms with Crippen molar-refractivity contribution in [1.29, 1.82) is 0 Å². The minimum atomic E-state index is -1.58. The number of carbonyl (C=O) groups excluding carboxylic acids is 1. The first kappa shape index (κ1) is 68.4. The highest BCUT2D eigenvalue weighted by Gasteiger charge is 2.44. The number of ether oxygens (including phenoxy) is 2. The van der Waals surface area contributed by atoms with Gasteiger partial charge in [0.1, 0.15) is 24.4 Å². The molecule has 1 fully saturated rings. The van der Waals surface area contributed by atoms with Gasteiger partial charge in [0.15, 0.2) is 6.29 Å². The Kier molecular flexibility index (Phi) is 49.5. The van der Waals surface area contributed by atoms with Gasteiger partial charge in [-0.3, -0.25) is 4.79 Å². The monoisotopic (exact) mass is 1020 g/mol. The van der Waals surface area contributed by atoms with Gasteiger partial charge in [-0.25, -0.2) is 0 Å². The molecule has 6 N–H and O–H groups in total. The molecule has 1 rings (SSSR count). The molecule has 7 atom stereocenters. The summed E-state index contributed by atoms with van der Waals surface area (Å²) in [5.41, 5.74) is 0. The van der Waals surface area contributed by atoms with Gasteiger partial charge in [-0.15, -0.1) is 0 Å². The SMILES string of the molecule is CC/C=C\C/C=C\C/C=C\C/C=C\C/C=C\CCCCCCCCCCCCCCCCCC(=O)NC(COC1OC(CO)C(O)C(O)C1O)C(O)/C=C/CC/C=C/CCCCCCCCCCCCCCC. The molecular weight excluding hydrogens is 911 g/mol. The molecule has 7 unspecified atom stereocenters. The third kappa shape index (κ3) is 42.2. The van der Waals surface area contributed by atoms with Crippen molar-refractivity contribution in [2.24, 2.45) is 0 Å². The Morgan fingerprint density at radius 2 is 0.863 bits per heavy atom. The molecule has 0 aromatic heterocycles. The minimum Gasteiger partial charge on any atom is -0.394 e. The zero-order chi connectivity index (χ0) is 52.9. The van der Waals surface area contributed by atoms with Gasteiger partial charge in [0.05, 0.1) is 25.4 Å². The lowest BCUT2D eigenvalue weighted by Crippen LogP contribution is -2.60. The summed E-state index contributed by atoms with van der Waals surface area (Å²) in [6.45, 7) is 3.66. The third-order valence-corrected chi connectivity index (χ3v) is 14.0. The van der Waals surface area contributed by atoms with E-state index in [0.29, 0.717) is 6.42 Å². The van der Waals surface area contributed by atoms with E-state index < -0.39 is 49.5 Å². The van der Waals surface area contributed by atoms with E-state index in [2.05, 4.69) is 92.1 Å². The largest absolute Gasteiger partial charge is 0.394 e. The number of aliphatic hydroxyl groups excluding tert-OH is 5. The number of amides is 1. The van der Waals surface area contributed by atoms with Crippen LogP contribution in [0.5, 0.6) is 0 Å². The Morgan fingerprint density at radius 1 is 0.479 bits per heavy atom. The smallest absolute Gasteiger partial charge is 0.220 e. The van der Waals surface area contributed by atoms with Gasteiger partial charge < -0.3 is 40.3 Å². The first-order valence-corrected chi connectivity index (χ1v) is 30.3. The molecule has 1 aliphatic rings. The molecule has 73 heavy (non-hydrogen) atoms. The standard InChI is InChI=1S/C64H113NO8/c1-3-5-7-9-11-13-15-17-19-21-23-24-25-26-27-28-29-30-31-32-33-34-36-38-40-42-44-46-48-50-52-54-60(68)65-57(56-72-64-63(71)62(70)61(69)59(55-66)73-64)58(67)53-51-49-47-45-43-41-39-37-35-22-20-18-16-14-12-10-8-6-4-2/h5,7,11,13,17,19,23-24,26-27,43,45,51,53,57-59,61-64,66-67,69-71H,3-4,6,8-10,12,14-16,18,20-22,25,28-42,44,46-50,52,54-56H2,1-2H3,(H,65,68)/b7-5-,13-11-,19-17-,24-23-,27-26-,45-43+,53-51+. The fourth-order valence-corrected chi connectivity index (χ4v) is 9.20. The first-order chi connectivity index (χ1) is 35.8. The van der Waals surface area contributed by atoms with E-state index in [0.717, 1.165) is 70.6 Å². The predicted octanol–water partition coefficient (Wildman–Crippen LogP) is 15.4. The normalized spacial score (nSPS) is 19.7. The van der Waals surface area contributed by atoms with Crippen molar-refractivity contribution in [1.82, 2.24) is 5.32 Å². The summed E-state index contributed by atoms with van der Waals surface area (Å²) in [6.07, 6.45) is 68.0. The van der Waals surface area contributed by atoms with E-state index in [1.807, 2.05) is 6.08 Å². The Hall–Kier alpha value is -2.63. The highest BCUT2D eigenvalue weighted by atomic mass is 16.7. The minimum absolute atomic E-state index is 0.188. The van der Waals surface area contributed by atoms with Crippen molar-refractivity contribution in [3.05, 3.63) is 85.1 Å². The van der Waals surface area contributed by atoms with Crippen molar-refractivity contribution in [2.45, 2.75) is 301 Å². The Labute approximate surface area is 448 Å². The van der Waals surface area contributed by atoms with Crippen LogP contribution in [-0.2, 0) is 14.3 Å². The highest BCUT2D eigenvalue weighted by Crippen LogP contribution is 2.23. The summed E-state index contributed by atoms with van der Waals surface area (Å²) < 4.78 is 11.3. The van der Waals surface area contributed by atoms with Crippen LogP contribution in [-0.4, -0.2) is 87.5 Å². The van der Waals surface area contributed by atoms with Gasteiger partial charge in [0.25, 0.3) is 0 Å². The number of allylic oxidation sites excluding steroid dienone is 13. The van der Waals surface area contributed by atoms with Crippen LogP contribution < -0.4 is 5.32 Å². The molecule has 1 amide bonds. The molecule has 0 aromatic rings. The summed E-state index contributed by atoms with van der Waals surface area (Å²) in [7, 11) is 0. The van der Waals surface area contributed by atoms with Gasteiger partial charge in [-0.05, 0) is 77.0 Å². The number of carbonyl (C=O) groups is 1. The predicted molar refractivity (Wildman–Crippen MR) is 308 cm³/mol. The molecular formula is C64H113NO8. The lowest BCUT2D eigenvalue weighted by molar-refractivity contribution is -0.302. The molecule has 422 valence electrons. The van der Waals surface area contributed by atoms with Gasteiger partial charge in [0.2, 0.25) is 5.91 Å². The van der Waals surface area contributed by atoms with E-state index in [9.17, 15) is 30.3 Å². The first-order valence-electron chi connectivity index (χ1n) is 30.3. The summed E-state index contributed by atoms with van der Waals surface area (Å²) in [4.78, 5) is 13.1. The summed E-state index contributed by atoms with van der Waals surface area (Å²) in [5.74, 6) is -0.188. The molecule has 0 bridgehead atoms. The fraction of sp³-hybridized carbons (Fsp3) is 0.766. The average molecular weight is 1020 g/mol. The molecule has 1 saturated heterocycles. The van der Waals surface area contributed by atoms with Crippen molar-refractivity contribution < 1.29 is 39.8 Å². The molecule has 0 saturated carbocycles. The third-order valence-electron chi connectivity index (χ3n) is 14.0. The highest BCUT2D eigenvalue weighted by molar-refractivity contribution is 5.76. The quantitative estimate of drug-likeness (QED) is 0.0261. The average Bonchev–Trinajstić information content (AvgIpc) is 3.39. The van der Waals surface area contributed by atoms with E-state index in [4.69, 9.17) is 9.47 Å². The Bertz CT molecular complexity index is 1420. The summed E-state index contributed by atoms with van der Waals surface area (Å²) in [5, 5.41) is 54.5. The van der Waals surface area contributed by atoms with Crippen LogP contribution in [0, 0.1) is 0 Å². The second-order valence-corrected chi connectivity index (χ2v) is 20.8. The van der Waals surface area contributed by atoms with E-state index in [1.54, 1.807) is 6.08 Å². The van der Waals surface area contributed by atoms with Crippen molar-refractivity contribution in [3.8, 4) is 0 Å². The molecule has 1 heterocycles. The van der Waals surface area contributed by atoms with E-state index in [-0.39, 0.29) is 12.5 Å². The van der Waals surface area contributed by atoms with Crippen LogP contribution in [0.25, 0.3) is 0 Å². The number of aliphatic hydroxyl groups is 5. The number of hydrogen-bond donors (Lipinski definition) is 6. The van der Waals surface area contributed by atoms with Gasteiger partial charge in [-0.1, -0.05) is 259 Å². The second kappa shape index (κ2) is 52.8. The Morgan fingerprint density at radius 3 is 1.32 bits per heavy atom. The van der Waals surface area contributed by atoms with Crippen LogP contribution in [0.4, 0.5) is 0 Å². The van der Waals surface area contributed by atoms with Crippen molar-refractivity contribution >= 4 is 5.91 Å². The zero-order valence-corrected chi connectivity index (χ0v) is 46.9. The maximum atomic E-state index is 13.1. The maximum absolute atomic E-state index is 13.1. The fourth-order valence-electron chi connectivity index (χ4n) is 9.20. The molecule has 9 nitrogen and oxygen atoms in total. The van der Waals surface area contributed by atoms with Crippen molar-refractivity contribution in [3.63, 3.8) is 0 Å². The van der Waals surface area contributed by atoms with E-state index in [1.165, 1.54) is 167 Å². The van der Waals surface area contributed by atoms with Crippen LogP contribution in [0.2, 0.25) is 0 Å². The Balaban J connectivity index is 2.19. The maximum Gasteiger partial charge on any atom is 0.220 e. The molecule has 9 heteroatoms. The van der Waals surface area contributed by atoms with Crippen LogP contribution in [0.3, 0.4) is 0 Å². The summed E-state index contributed by atoms with van der Waals surface area (Å²) >= 11 is 0. The topological polar surface area (TPSA) is 149 Å². The van der Waals surface area contributed by atoms with Gasteiger partial charge >= 0.3 is 0 Å². The van der Waals surface area contributed by atoms with Crippen LogP contribution >= 0.6 is 0 Å².